The number of amides is 1. The van der Waals surface area contributed by atoms with Crippen LogP contribution in [0.4, 0.5) is 13.2 Å². The van der Waals surface area contributed by atoms with E-state index in [0.717, 1.165) is 21.3 Å². The number of rotatable bonds is 4. The molecule has 1 aliphatic rings. The summed E-state index contributed by atoms with van der Waals surface area (Å²) in [6.45, 7) is 7.40. The summed E-state index contributed by atoms with van der Waals surface area (Å²) in [5.74, 6) is -0.0710. The predicted octanol–water partition coefficient (Wildman–Crippen LogP) is 5.01. The molecule has 1 saturated heterocycles. The molecule has 1 N–H and O–H groups in total. The van der Waals surface area contributed by atoms with E-state index in [-0.39, 0.29) is 18.0 Å². The van der Waals surface area contributed by atoms with Crippen molar-refractivity contribution in [3.63, 3.8) is 0 Å². The third-order valence-corrected chi connectivity index (χ3v) is 4.96. The van der Waals surface area contributed by atoms with E-state index in [1.165, 1.54) is 0 Å². The molecule has 1 atom stereocenters. The smallest absolute Gasteiger partial charge is 0.287 e. The van der Waals surface area contributed by atoms with Crippen LogP contribution in [0.3, 0.4) is 0 Å². The highest BCUT2D eigenvalue weighted by atomic mass is 19.4. The number of carbonyl (C=O) groups is 1. The van der Waals surface area contributed by atoms with Crippen molar-refractivity contribution in [3.8, 4) is 0 Å². The van der Waals surface area contributed by atoms with Gasteiger partial charge in [0, 0.05) is 6.54 Å². The molecule has 0 radical (unpaired) electrons. The molecule has 1 heterocycles. The van der Waals surface area contributed by atoms with Gasteiger partial charge in [-0.15, -0.1) is 0 Å². The van der Waals surface area contributed by atoms with Gasteiger partial charge in [-0.2, -0.15) is 13.2 Å². The lowest BCUT2D eigenvalue weighted by atomic mass is 9.91. The molecule has 0 saturated carbocycles. The first-order valence-corrected chi connectivity index (χ1v) is 9.15. The third-order valence-electron chi connectivity index (χ3n) is 4.96. The second-order valence-corrected chi connectivity index (χ2v) is 8.40. The number of hydrazine groups is 1. The molecule has 6 heteroatoms. The van der Waals surface area contributed by atoms with Crippen LogP contribution in [0.1, 0.15) is 44.9 Å². The average Bonchev–Trinajstić information content (AvgIpc) is 2.78. The zero-order chi connectivity index (χ0) is 20.0. The monoisotopic (exact) mass is 378 g/mol. The fourth-order valence-electron chi connectivity index (χ4n) is 3.70. The zero-order valence-electron chi connectivity index (χ0n) is 16.0. The number of nitrogens with one attached hydrogen (secondary N) is 1. The predicted molar refractivity (Wildman–Crippen MR) is 99.9 cm³/mol. The Bertz CT molecular complexity index is 858. The fourth-order valence-corrected chi connectivity index (χ4v) is 3.70. The summed E-state index contributed by atoms with van der Waals surface area (Å²) >= 11 is 0. The lowest BCUT2D eigenvalue weighted by Crippen LogP contribution is -2.43. The van der Waals surface area contributed by atoms with Crippen molar-refractivity contribution in [2.45, 2.75) is 46.3 Å². The highest BCUT2D eigenvalue weighted by Gasteiger charge is 2.51. The Morgan fingerprint density at radius 1 is 1.19 bits per heavy atom. The lowest BCUT2D eigenvalue weighted by Gasteiger charge is -2.30. The topological polar surface area (TPSA) is 32.3 Å². The van der Waals surface area contributed by atoms with Gasteiger partial charge in [0.05, 0.1) is 5.41 Å². The van der Waals surface area contributed by atoms with Crippen LogP contribution in [0.5, 0.6) is 0 Å². The van der Waals surface area contributed by atoms with Gasteiger partial charge in [-0.05, 0) is 54.2 Å². The van der Waals surface area contributed by atoms with Crippen molar-refractivity contribution in [2.75, 3.05) is 6.54 Å². The molecule has 146 valence electrons. The molecule has 0 spiro atoms. The van der Waals surface area contributed by atoms with Gasteiger partial charge in [0.1, 0.15) is 6.04 Å². The fraction of sp³-hybridized carbons (Fsp3) is 0.476. The molecule has 27 heavy (non-hydrogen) atoms. The standard InChI is InChI=1S/C21H25F3N2O/c1-13(2)9-15-11-16(10-14-7-5-6-8-17(14)15)18(21(22,23)24)26-12-20(3,4)19(27)25-26/h5-8,10-11,13,18H,9,12H2,1-4H3,(H,25,27)/t18-/m0/s1. The van der Waals surface area contributed by atoms with E-state index in [0.29, 0.717) is 12.3 Å². The SMILES string of the molecule is CC(C)Cc1cc([C@H](N2CC(C)(C)C(=O)N2)C(F)(F)F)cc2ccccc12. The van der Waals surface area contributed by atoms with Crippen LogP contribution in [-0.2, 0) is 11.2 Å². The van der Waals surface area contributed by atoms with Gasteiger partial charge in [-0.1, -0.05) is 44.2 Å². The Kier molecular flexibility index (Phi) is 4.97. The minimum absolute atomic E-state index is 0.00233. The molecule has 1 aliphatic heterocycles. The van der Waals surface area contributed by atoms with Crippen LogP contribution in [0, 0.1) is 11.3 Å². The quantitative estimate of drug-likeness (QED) is 0.811. The Morgan fingerprint density at radius 2 is 1.85 bits per heavy atom. The molecule has 3 rings (SSSR count). The molecule has 2 aromatic rings. The molecule has 0 aliphatic carbocycles. The van der Waals surface area contributed by atoms with Crippen molar-refractivity contribution in [3.05, 3.63) is 47.5 Å². The van der Waals surface area contributed by atoms with Crippen molar-refractivity contribution < 1.29 is 18.0 Å². The van der Waals surface area contributed by atoms with Gasteiger partial charge in [0.15, 0.2) is 0 Å². The van der Waals surface area contributed by atoms with Gasteiger partial charge < -0.3 is 0 Å². The van der Waals surface area contributed by atoms with Gasteiger partial charge in [0.2, 0.25) is 5.91 Å². The molecular weight excluding hydrogens is 353 g/mol. The maximum absolute atomic E-state index is 14.0. The average molecular weight is 378 g/mol. The largest absolute Gasteiger partial charge is 0.409 e. The van der Waals surface area contributed by atoms with Crippen LogP contribution in [0.2, 0.25) is 0 Å². The molecule has 1 fully saturated rings. The maximum atomic E-state index is 14.0. The van der Waals surface area contributed by atoms with Gasteiger partial charge >= 0.3 is 6.18 Å². The summed E-state index contributed by atoms with van der Waals surface area (Å²) in [6, 6.07) is 8.87. The molecular formula is C21H25F3N2O. The number of fused-ring (bicyclic) bond motifs is 1. The zero-order valence-corrected chi connectivity index (χ0v) is 16.0. The van der Waals surface area contributed by atoms with Crippen LogP contribution < -0.4 is 5.43 Å². The van der Waals surface area contributed by atoms with Crippen molar-refractivity contribution in [2.24, 2.45) is 11.3 Å². The highest BCUT2D eigenvalue weighted by Crippen LogP contribution is 2.42. The van der Waals surface area contributed by atoms with E-state index in [9.17, 15) is 18.0 Å². The number of halogens is 3. The van der Waals surface area contributed by atoms with Crippen LogP contribution in [0.15, 0.2) is 36.4 Å². The Balaban J connectivity index is 2.13. The first-order chi connectivity index (χ1) is 12.5. The third kappa shape index (κ3) is 3.95. The van der Waals surface area contributed by atoms with E-state index < -0.39 is 17.6 Å². The number of alkyl halides is 3. The van der Waals surface area contributed by atoms with E-state index in [4.69, 9.17) is 0 Å². The normalized spacial score (nSPS) is 18.9. The number of hydrogen-bond acceptors (Lipinski definition) is 2. The number of hydrogen-bond donors (Lipinski definition) is 1. The number of benzene rings is 2. The minimum atomic E-state index is -4.51. The maximum Gasteiger partial charge on any atom is 0.409 e. The summed E-state index contributed by atoms with van der Waals surface area (Å²) < 4.78 is 42.1. The second-order valence-electron chi connectivity index (χ2n) is 8.40. The van der Waals surface area contributed by atoms with Gasteiger partial charge in [-0.25, -0.2) is 5.01 Å². The summed E-state index contributed by atoms with van der Waals surface area (Å²) in [4.78, 5) is 12.1. The Hall–Kier alpha value is -2.08. The molecule has 0 aromatic heterocycles. The minimum Gasteiger partial charge on any atom is -0.287 e. The highest BCUT2D eigenvalue weighted by molar-refractivity contribution is 5.87. The number of carbonyl (C=O) groups excluding carboxylic acids is 1. The summed E-state index contributed by atoms with van der Waals surface area (Å²) in [7, 11) is 0. The first-order valence-electron chi connectivity index (χ1n) is 9.15. The molecule has 2 aromatic carbocycles. The van der Waals surface area contributed by atoms with E-state index in [1.54, 1.807) is 26.0 Å². The molecule has 0 bridgehead atoms. The van der Waals surface area contributed by atoms with E-state index >= 15 is 0 Å². The second kappa shape index (κ2) is 6.82. The molecule has 0 unspecified atom stereocenters. The van der Waals surface area contributed by atoms with Gasteiger partial charge in [0.25, 0.3) is 0 Å². The lowest BCUT2D eigenvalue weighted by molar-refractivity contribution is -0.191. The van der Waals surface area contributed by atoms with Crippen LogP contribution in [-0.4, -0.2) is 23.6 Å². The summed E-state index contributed by atoms with van der Waals surface area (Å²) in [6.07, 6.45) is -3.82. The van der Waals surface area contributed by atoms with Gasteiger partial charge in [-0.3, -0.25) is 10.2 Å². The van der Waals surface area contributed by atoms with Crippen molar-refractivity contribution >= 4 is 16.7 Å². The summed E-state index contributed by atoms with van der Waals surface area (Å²) in [5, 5.41) is 2.79. The van der Waals surface area contributed by atoms with Crippen LogP contribution >= 0.6 is 0 Å². The molecule has 1 amide bonds. The first kappa shape index (κ1) is 19.7. The Labute approximate surface area is 157 Å². The molecule has 3 nitrogen and oxygen atoms in total. The van der Waals surface area contributed by atoms with Crippen LogP contribution in [0.25, 0.3) is 10.8 Å². The van der Waals surface area contributed by atoms with E-state index in [1.807, 2.05) is 38.1 Å². The van der Waals surface area contributed by atoms with E-state index in [2.05, 4.69) is 5.43 Å². The van der Waals surface area contributed by atoms with Crippen molar-refractivity contribution in [1.29, 1.82) is 0 Å². The van der Waals surface area contributed by atoms with Crippen molar-refractivity contribution in [1.82, 2.24) is 10.4 Å². The summed E-state index contributed by atoms with van der Waals surface area (Å²) in [5.41, 5.74) is 2.63. The number of nitrogens with zero attached hydrogens (tertiary/aromatic N) is 1. The Morgan fingerprint density at radius 3 is 2.41 bits per heavy atom.